The van der Waals surface area contributed by atoms with Crippen LogP contribution in [0.2, 0.25) is 0 Å². The molecule has 0 atom stereocenters. The zero-order chi connectivity index (χ0) is 15.7. The number of rotatable bonds is 3. The van der Waals surface area contributed by atoms with E-state index in [1.165, 1.54) is 12.1 Å². The van der Waals surface area contributed by atoms with Crippen LogP contribution >= 0.6 is 0 Å². The van der Waals surface area contributed by atoms with E-state index in [0.29, 0.717) is 13.2 Å². The Kier molecular flexibility index (Phi) is 3.88. The highest BCUT2D eigenvalue weighted by Crippen LogP contribution is 2.31. The molecule has 0 aliphatic carbocycles. The van der Waals surface area contributed by atoms with Crippen molar-refractivity contribution < 1.29 is 13.9 Å². The Hall–Kier alpha value is -1.76. The zero-order valence-corrected chi connectivity index (χ0v) is 12.9. The lowest BCUT2D eigenvalue weighted by Crippen LogP contribution is -2.44. The van der Waals surface area contributed by atoms with E-state index in [-0.39, 0.29) is 11.6 Å². The number of hydrogen-bond donors (Lipinski definition) is 0. The minimum atomic E-state index is -0.336. The quantitative estimate of drug-likeness (QED) is 0.871. The fraction of sp³-hybridized carbons (Fsp3) is 0.471. The van der Waals surface area contributed by atoms with Gasteiger partial charge in [-0.05, 0) is 24.3 Å². The van der Waals surface area contributed by atoms with E-state index in [2.05, 4.69) is 10.00 Å². The molecule has 2 fully saturated rings. The van der Waals surface area contributed by atoms with E-state index in [4.69, 9.17) is 9.47 Å². The van der Waals surface area contributed by atoms with Crippen molar-refractivity contribution in [3.05, 3.63) is 48.0 Å². The van der Waals surface area contributed by atoms with Gasteiger partial charge in [-0.1, -0.05) is 6.07 Å². The second kappa shape index (κ2) is 6.03. The zero-order valence-electron chi connectivity index (χ0n) is 12.9. The highest BCUT2D eigenvalue weighted by Gasteiger charge is 2.39. The van der Waals surface area contributed by atoms with Crippen LogP contribution in [0.3, 0.4) is 0 Å². The van der Waals surface area contributed by atoms with E-state index in [9.17, 15) is 4.39 Å². The Morgan fingerprint density at radius 1 is 1.13 bits per heavy atom. The van der Waals surface area contributed by atoms with Gasteiger partial charge >= 0.3 is 0 Å². The van der Waals surface area contributed by atoms with Gasteiger partial charge in [0.25, 0.3) is 0 Å². The van der Waals surface area contributed by atoms with Crippen LogP contribution in [-0.4, -0.2) is 46.8 Å². The van der Waals surface area contributed by atoms with Gasteiger partial charge in [0, 0.05) is 38.7 Å². The lowest BCUT2D eigenvalue weighted by atomic mass is 10.0. The number of likely N-dealkylation sites (tertiary alicyclic amines) is 1. The van der Waals surface area contributed by atoms with Crippen LogP contribution in [0.1, 0.15) is 18.5 Å². The van der Waals surface area contributed by atoms with Crippen molar-refractivity contribution in [1.82, 2.24) is 14.7 Å². The molecule has 0 bridgehead atoms. The van der Waals surface area contributed by atoms with Crippen molar-refractivity contribution in [3.8, 4) is 5.69 Å². The maximum Gasteiger partial charge on any atom is 0.170 e. The third-order valence-electron chi connectivity index (χ3n) is 4.53. The summed E-state index contributed by atoms with van der Waals surface area (Å²) in [5, 5.41) is 4.55. The average molecular weight is 317 g/mol. The summed E-state index contributed by atoms with van der Waals surface area (Å²) in [6.07, 6.45) is 3.67. The first-order chi connectivity index (χ1) is 11.2. The standard InChI is InChI=1S/C17H20FN3O2/c18-14-2-1-3-16(12-14)21-7-4-15(19-21)13-20-8-5-17(6-9-20)22-10-11-23-17/h1-4,7,12H,5-6,8-11,13H2. The number of benzene rings is 1. The molecule has 4 rings (SSSR count). The van der Waals surface area contributed by atoms with Crippen LogP contribution in [-0.2, 0) is 16.0 Å². The summed E-state index contributed by atoms with van der Waals surface area (Å²) in [6, 6.07) is 8.44. The largest absolute Gasteiger partial charge is 0.347 e. The summed E-state index contributed by atoms with van der Waals surface area (Å²) < 4.78 is 26.5. The van der Waals surface area contributed by atoms with Gasteiger partial charge in [0.2, 0.25) is 0 Å². The Morgan fingerprint density at radius 3 is 2.65 bits per heavy atom. The molecule has 0 saturated carbocycles. The fourth-order valence-electron chi connectivity index (χ4n) is 3.28. The molecular weight excluding hydrogens is 297 g/mol. The highest BCUT2D eigenvalue weighted by atomic mass is 19.1. The first kappa shape index (κ1) is 14.8. The van der Waals surface area contributed by atoms with Crippen LogP contribution in [0.4, 0.5) is 4.39 Å². The summed E-state index contributed by atoms with van der Waals surface area (Å²) in [5.74, 6) is -0.588. The second-order valence-corrected chi connectivity index (χ2v) is 6.12. The van der Waals surface area contributed by atoms with E-state index in [0.717, 1.165) is 43.9 Å². The molecule has 0 amide bonds. The van der Waals surface area contributed by atoms with Gasteiger partial charge in [-0.3, -0.25) is 4.90 Å². The molecule has 0 unspecified atom stereocenters. The third kappa shape index (κ3) is 3.15. The molecule has 6 heteroatoms. The molecule has 5 nitrogen and oxygen atoms in total. The predicted octanol–water partition coefficient (Wildman–Crippen LogP) is 2.35. The number of hydrogen-bond acceptors (Lipinski definition) is 4. The topological polar surface area (TPSA) is 39.5 Å². The summed E-state index contributed by atoms with van der Waals surface area (Å²) in [7, 11) is 0. The average Bonchev–Trinajstić information content (AvgIpc) is 3.20. The minimum Gasteiger partial charge on any atom is -0.347 e. The molecule has 0 radical (unpaired) electrons. The van der Waals surface area contributed by atoms with Crippen molar-refractivity contribution in [1.29, 1.82) is 0 Å². The molecule has 0 N–H and O–H groups in total. The molecule has 2 aliphatic rings. The molecule has 1 spiro atoms. The van der Waals surface area contributed by atoms with Crippen LogP contribution < -0.4 is 0 Å². The Morgan fingerprint density at radius 2 is 1.91 bits per heavy atom. The molecule has 23 heavy (non-hydrogen) atoms. The molecule has 1 aromatic carbocycles. The normalized spacial score (nSPS) is 21.1. The predicted molar refractivity (Wildman–Crippen MR) is 82.7 cm³/mol. The number of aromatic nitrogens is 2. The van der Waals surface area contributed by atoms with E-state index >= 15 is 0 Å². The number of ether oxygens (including phenoxy) is 2. The third-order valence-corrected chi connectivity index (χ3v) is 4.53. The van der Waals surface area contributed by atoms with Crippen LogP contribution in [0.15, 0.2) is 36.5 Å². The van der Waals surface area contributed by atoms with Crippen molar-refractivity contribution in [3.63, 3.8) is 0 Å². The van der Waals surface area contributed by atoms with E-state index < -0.39 is 0 Å². The van der Waals surface area contributed by atoms with Gasteiger partial charge < -0.3 is 9.47 Å². The minimum absolute atomic E-state index is 0.252. The second-order valence-electron chi connectivity index (χ2n) is 6.12. The maximum absolute atomic E-state index is 13.3. The van der Waals surface area contributed by atoms with Crippen molar-refractivity contribution in [2.45, 2.75) is 25.2 Å². The Bertz CT molecular complexity index is 672. The SMILES string of the molecule is Fc1cccc(-n2ccc(CN3CCC4(CC3)OCCO4)n2)c1. The van der Waals surface area contributed by atoms with Gasteiger partial charge in [0.05, 0.1) is 24.6 Å². The van der Waals surface area contributed by atoms with E-state index in [1.807, 2.05) is 18.3 Å². The molecule has 2 saturated heterocycles. The number of halogens is 1. The number of piperidine rings is 1. The van der Waals surface area contributed by atoms with Crippen LogP contribution in [0.25, 0.3) is 5.69 Å². The van der Waals surface area contributed by atoms with E-state index in [1.54, 1.807) is 10.7 Å². The summed E-state index contributed by atoms with van der Waals surface area (Å²) >= 11 is 0. The monoisotopic (exact) mass is 317 g/mol. The molecule has 2 aromatic rings. The lowest BCUT2D eigenvalue weighted by Gasteiger charge is -2.37. The van der Waals surface area contributed by atoms with Gasteiger partial charge in [-0.25, -0.2) is 9.07 Å². The smallest absolute Gasteiger partial charge is 0.170 e. The lowest BCUT2D eigenvalue weighted by molar-refractivity contribution is -0.185. The summed E-state index contributed by atoms with van der Waals surface area (Å²) in [5.41, 5.74) is 1.72. The van der Waals surface area contributed by atoms with Crippen molar-refractivity contribution in [2.24, 2.45) is 0 Å². The van der Waals surface area contributed by atoms with Gasteiger partial charge in [-0.15, -0.1) is 0 Å². The highest BCUT2D eigenvalue weighted by molar-refractivity contribution is 5.31. The summed E-state index contributed by atoms with van der Waals surface area (Å²) in [4.78, 5) is 2.36. The van der Waals surface area contributed by atoms with Crippen LogP contribution in [0.5, 0.6) is 0 Å². The fourth-order valence-corrected chi connectivity index (χ4v) is 3.28. The van der Waals surface area contributed by atoms with Gasteiger partial charge in [0.15, 0.2) is 5.79 Å². The molecule has 3 heterocycles. The molecule has 2 aliphatic heterocycles. The van der Waals surface area contributed by atoms with Crippen LogP contribution in [0, 0.1) is 5.82 Å². The Balaban J connectivity index is 1.39. The first-order valence-corrected chi connectivity index (χ1v) is 8.03. The maximum atomic E-state index is 13.3. The molecular formula is C17H20FN3O2. The summed E-state index contributed by atoms with van der Waals surface area (Å²) in [6.45, 7) is 4.08. The number of nitrogens with zero attached hydrogens (tertiary/aromatic N) is 3. The van der Waals surface area contributed by atoms with Gasteiger partial charge in [0.1, 0.15) is 5.82 Å². The Labute approximate surface area is 134 Å². The molecule has 122 valence electrons. The first-order valence-electron chi connectivity index (χ1n) is 8.03. The van der Waals surface area contributed by atoms with Crippen molar-refractivity contribution in [2.75, 3.05) is 26.3 Å². The molecule has 1 aromatic heterocycles. The van der Waals surface area contributed by atoms with Crippen molar-refractivity contribution >= 4 is 0 Å². The van der Waals surface area contributed by atoms with Gasteiger partial charge in [-0.2, -0.15) is 5.10 Å².